The predicted molar refractivity (Wildman–Crippen MR) is 265 cm³/mol. The summed E-state index contributed by atoms with van der Waals surface area (Å²) < 4.78 is 4.63. The zero-order chi connectivity index (χ0) is 42.1. The van der Waals surface area contributed by atoms with Crippen LogP contribution in [0.4, 0.5) is 0 Å². The Labute approximate surface area is 368 Å². The number of benzene rings is 10. The van der Waals surface area contributed by atoms with Gasteiger partial charge in [-0.3, -0.25) is 4.57 Å². The van der Waals surface area contributed by atoms with Crippen molar-refractivity contribution in [2.24, 2.45) is 0 Å². The van der Waals surface area contributed by atoms with Crippen molar-refractivity contribution in [1.82, 2.24) is 24.1 Å². The zero-order valence-corrected chi connectivity index (χ0v) is 34.6. The first-order valence-corrected chi connectivity index (χ1v) is 21.7. The molecule has 13 aromatic rings. The van der Waals surface area contributed by atoms with Crippen molar-refractivity contribution in [3.8, 4) is 56.7 Å². The van der Waals surface area contributed by atoms with Crippen LogP contribution in [0.3, 0.4) is 0 Å². The van der Waals surface area contributed by atoms with Crippen LogP contribution in [0.5, 0.6) is 0 Å². The second-order valence-electron chi connectivity index (χ2n) is 16.5. The Hall–Kier alpha value is -8.67. The molecule has 13 rings (SSSR count). The summed E-state index contributed by atoms with van der Waals surface area (Å²) in [4.78, 5) is 15.9. The maximum Gasteiger partial charge on any atom is 0.238 e. The molecule has 0 N–H and O–H groups in total. The van der Waals surface area contributed by atoms with Crippen LogP contribution in [0.25, 0.3) is 122 Å². The molecule has 0 unspecified atom stereocenters. The molecule has 0 spiro atoms. The van der Waals surface area contributed by atoms with E-state index >= 15 is 0 Å². The summed E-state index contributed by atoms with van der Waals surface area (Å²) in [6.07, 6.45) is 0. The van der Waals surface area contributed by atoms with Gasteiger partial charge in [0.05, 0.1) is 22.1 Å². The summed E-state index contributed by atoms with van der Waals surface area (Å²) >= 11 is 0. The number of para-hydroxylation sites is 2. The number of rotatable bonds is 6. The van der Waals surface area contributed by atoms with Gasteiger partial charge >= 0.3 is 0 Å². The summed E-state index contributed by atoms with van der Waals surface area (Å²) in [5, 5.41) is 9.53. The third-order valence-electron chi connectivity index (χ3n) is 12.7. The van der Waals surface area contributed by atoms with Crippen molar-refractivity contribution in [3.63, 3.8) is 0 Å². The van der Waals surface area contributed by atoms with E-state index in [0.717, 1.165) is 71.6 Å². The highest BCUT2D eigenvalue weighted by molar-refractivity contribution is 6.15. The summed E-state index contributed by atoms with van der Waals surface area (Å²) in [5.41, 5.74) is 11.9. The van der Waals surface area contributed by atoms with Crippen molar-refractivity contribution in [1.29, 1.82) is 0 Å². The third kappa shape index (κ3) is 5.90. The molecule has 0 bridgehead atoms. The minimum absolute atomic E-state index is 0.565. The molecule has 0 atom stereocenters. The fourth-order valence-corrected chi connectivity index (χ4v) is 9.65. The lowest BCUT2D eigenvalue weighted by Crippen LogP contribution is -2.06. The van der Waals surface area contributed by atoms with Crippen LogP contribution in [0.1, 0.15) is 0 Å². The van der Waals surface area contributed by atoms with Gasteiger partial charge in [-0.2, -0.15) is 9.97 Å². The monoisotopic (exact) mass is 815 g/mol. The van der Waals surface area contributed by atoms with Gasteiger partial charge in [0, 0.05) is 38.4 Å². The topological polar surface area (TPSA) is 48.5 Å². The lowest BCUT2D eigenvalue weighted by atomic mass is 10.0. The van der Waals surface area contributed by atoms with Crippen LogP contribution < -0.4 is 0 Å². The van der Waals surface area contributed by atoms with Gasteiger partial charge in [0.2, 0.25) is 5.95 Å². The maximum absolute atomic E-state index is 5.33. The average Bonchev–Trinajstić information content (AvgIpc) is 3.86. The highest BCUT2D eigenvalue weighted by Crippen LogP contribution is 2.39. The van der Waals surface area contributed by atoms with Gasteiger partial charge in [-0.1, -0.05) is 164 Å². The van der Waals surface area contributed by atoms with Gasteiger partial charge in [0.25, 0.3) is 0 Å². The highest BCUT2D eigenvalue weighted by atomic mass is 15.2. The Bertz CT molecular complexity index is 3860. The molecule has 10 aromatic carbocycles. The van der Waals surface area contributed by atoms with E-state index in [4.69, 9.17) is 15.0 Å². The molecule has 0 fully saturated rings. The minimum Gasteiger partial charge on any atom is -0.309 e. The molecule has 0 radical (unpaired) electrons. The Balaban J connectivity index is 1.02. The quantitative estimate of drug-likeness (QED) is 0.168. The lowest BCUT2D eigenvalue weighted by molar-refractivity contribution is 0.954. The number of nitrogens with zero attached hydrogens (tertiary/aromatic N) is 5. The van der Waals surface area contributed by atoms with Crippen molar-refractivity contribution >= 4 is 65.2 Å². The molecule has 64 heavy (non-hydrogen) atoms. The average molecular weight is 816 g/mol. The first-order chi connectivity index (χ1) is 31.7. The molecule has 0 aliphatic carbocycles. The molecule has 0 saturated heterocycles. The van der Waals surface area contributed by atoms with Crippen molar-refractivity contribution in [2.75, 3.05) is 0 Å². The van der Waals surface area contributed by atoms with E-state index in [2.05, 4.69) is 221 Å². The number of hydrogen-bond donors (Lipinski definition) is 0. The van der Waals surface area contributed by atoms with Gasteiger partial charge < -0.3 is 4.57 Å². The zero-order valence-electron chi connectivity index (χ0n) is 34.6. The van der Waals surface area contributed by atoms with E-state index in [1.807, 2.05) is 12.1 Å². The molecule has 5 nitrogen and oxygen atoms in total. The van der Waals surface area contributed by atoms with Crippen molar-refractivity contribution in [3.05, 3.63) is 224 Å². The van der Waals surface area contributed by atoms with E-state index < -0.39 is 0 Å². The van der Waals surface area contributed by atoms with E-state index in [1.54, 1.807) is 0 Å². The first kappa shape index (κ1) is 36.0. The van der Waals surface area contributed by atoms with Gasteiger partial charge in [0.15, 0.2) is 11.6 Å². The van der Waals surface area contributed by atoms with E-state index in [0.29, 0.717) is 17.6 Å². The van der Waals surface area contributed by atoms with Gasteiger partial charge in [0.1, 0.15) is 0 Å². The van der Waals surface area contributed by atoms with Crippen LogP contribution in [-0.4, -0.2) is 24.1 Å². The van der Waals surface area contributed by atoms with E-state index in [1.165, 1.54) is 32.6 Å². The molecule has 298 valence electrons. The molecule has 5 heteroatoms. The standard InChI is InChI=1S/C59H37N5/c1-3-15-38(16-4-1)40-21-13-23-45(31-40)57-60-58(46-24-14-22-41(32-46)39-17-5-2-6-18-39)62-59(61-57)64-54-28-12-10-26-50(54)52-35-47-33-48(30-29-44(47)37-56(52)64)63-53-27-11-9-25-49(53)51-34-42-19-7-8-20-43(42)36-55(51)63/h1-37H. The van der Waals surface area contributed by atoms with Crippen molar-refractivity contribution < 1.29 is 0 Å². The van der Waals surface area contributed by atoms with E-state index in [9.17, 15) is 0 Å². The maximum atomic E-state index is 5.33. The van der Waals surface area contributed by atoms with Gasteiger partial charge in [-0.05, 0) is 104 Å². The Kier molecular flexibility index (Phi) is 8.15. The van der Waals surface area contributed by atoms with Crippen LogP contribution in [0, 0.1) is 0 Å². The smallest absolute Gasteiger partial charge is 0.238 e. The second-order valence-corrected chi connectivity index (χ2v) is 16.5. The van der Waals surface area contributed by atoms with Gasteiger partial charge in [-0.25, -0.2) is 4.98 Å². The van der Waals surface area contributed by atoms with Gasteiger partial charge in [-0.15, -0.1) is 0 Å². The summed E-state index contributed by atoms with van der Waals surface area (Å²) in [5.74, 6) is 1.78. The Morgan fingerprint density at radius 2 is 0.703 bits per heavy atom. The Morgan fingerprint density at radius 1 is 0.250 bits per heavy atom. The van der Waals surface area contributed by atoms with E-state index in [-0.39, 0.29) is 0 Å². The number of fused-ring (bicyclic) bond motifs is 8. The van der Waals surface area contributed by atoms with Crippen LogP contribution >= 0.6 is 0 Å². The second kappa shape index (κ2) is 14.5. The fourth-order valence-electron chi connectivity index (χ4n) is 9.65. The largest absolute Gasteiger partial charge is 0.309 e. The van der Waals surface area contributed by atoms with Crippen LogP contribution in [-0.2, 0) is 0 Å². The number of aromatic nitrogens is 5. The molecule has 3 heterocycles. The molecule has 0 saturated carbocycles. The normalized spacial score (nSPS) is 11.8. The summed E-state index contributed by atoms with van der Waals surface area (Å²) in [7, 11) is 0. The molecule has 0 aliphatic rings. The highest BCUT2D eigenvalue weighted by Gasteiger charge is 2.20. The number of hydrogen-bond acceptors (Lipinski definition) is 3. The SMILES string of the molecule is c1ccc(-c2cccc(-c3nc(-c4cccc(-c5ccccc5)c4)nc(-n4c5ccccc5c5cc6cc(-n7c8ccccc8c8cc9ccccc9cc87)ccc6cc54)n3)c2)cc1. The molecular weight excluding hydrogens is 779 g/mol. The lowest BCUT2D eigenvalue weighted by Gasteiger charge is -2.13. The molecule has 3 aromatic heterocycles. The summed E-state index contributed by atoms with van der Waals surface area (Å²) in [6.45, 7) is 0. The van der Waals surface area contributed by atoms with Crippen molar-refractivity contribution in [2.45, 2.75) is 0 Å². The molecule has 0 amide bonds. The summed E-state index contributed by atoms with van der Waals surface area (Å²) in [6, 6.07) is 80.0. The molecular formula is C59H37N5. The molecule has 0 aliphatic heterocycles. The Morgan fingerprint density at radius 3 is 1.31 bits per heavy atom. The van der Waals surface area contributed by atoms with Crippen LogP contribution in [0.2, 0.25) is 0 Å². The minimum atomic E-state index is 0.565. The predicted octanol–water partition coefficient (Wildman–Crippen LogP) is 15.0. The fraction of sp³-hybridized carbons (Fsp3) is 0. The third-order valence-corrected chi connectivity index (χ3v) is 12.7. The first-order valence-electron chi connectivity index (χ1n) is 21.7. The van der Waals surface area contributed by atoms with Crippen LogP contribution in [0.15, 0.2) is 224 Å².